The van der Waals surface area contributed by atoms with Gasteiger partial charge in [-0.05, 0) is 47.9 Å². The number of hydrogen-bond acceptors (Lipinski definition) is 2. The van der Waals surface area contributed by atoms with E-state index in [1.165, 1.54) is 0 Å². The highest BCUT2D eigenvalue weighted by molar-refractivity contribution is 6.30. The normalized spacial score (nSPS) is 10.9. The number of nitrogens with one attached hydrogen (secondary N) is 1. The molecule has 33 heavy (non-hydrogen) atoms. The van der Waals surface area contributed by atoms with Gasteiger partial charge in [0.15, 0.2) is 0 Å². The maximum absolute atomic E-state index is 12.8. The van der Waals surface area contributed by atoms with E-state index >= 15 is 0 Å². The summed E-state index contributed by atoms with van der Waals surface area (Å²) in [6.07, 6.45) is 6.18. The van der Waals surface area contributed by atoms with Gasteiger partial charge in [-0.25, -0.2) is 4.52 Å². The molecule has 5 heteroatoms. The fraction of sp³-hybridized carbons (Fsp3) is 0.0714. The summed E-state index contributed by atoms with van der Waals surface area (Å²) in [5.74, 6) is 2.66. The van der Waals surface area contributed by atoms with Crippen LogP contribution in [0.3, 0.4) is 0 Å². The molecule has 1 N–H and O–H groups in total. The van der Waals surface area contributed by atoms with Crippen molar-refractivity contribution >= 4 is 17.2 Å². The number of benzene rings is 3. The van der Waals surface area contributed by atoms with Gasteiger partial charge in [-0.3, -0.25) is 4.79 Å². The first kappa shape index (κ1) is 20.8. The summed E-state index contributed by atoms with van der Waals surface area (Å²) in [6, 6.07) is 25.1. The first-order chi connectivity index (χ1) is 16.0. The van der Waals surface area contributed by atoms with Crippen LogP contribution in [0.15, 0.2) is 83.7 Å². The van der Waals surface area contributed by atoms with Crippen LogP contribution in [0.1, 0.15) is 22.4 Å². The van der Waals surface area contributed by atoms with E-state index in [0.717, 1.165) is 39.1 Å². The molecule has 0 atom stereocenters. The monoisotopic (exact) mass is 449 g/mol. The molecular formula is C28H20ClN3O. The van der Waals surface area contributed by atoms with Crippen LogP contribution in [-0.4, -0.2) is 14.6 Å². The van der Waals surface area contributed by atoms with Crippen molar-refractivity contribution in [2.24, 2.45) is 0 Å². The summed E-state index contributed by atoms with van der Waals surface area (Å²) in [5, 5.41) is 5.63. The Morgan fingerprint density at radius 2 is 1.79 bits per heavy atom. The van der Waals surface area contributed by atoms with Crippen LogP contribution < -0.4 is 5.56 Å². The minimum atomic E-state index is -0.195. The van der Waals surface area contributed by atoms with Gasteiger partial charge in [0.05, 0.1) is 11.4 Å². The fourth-order valence-corrected chi connectivity index (χ4v) is 4.28. The Labute approximate surface area is 196 Å². The zero-order valence-electron chi connectivity index (χ0n) is 18.0. The third-order valence-corrected chi connectivity index (χ3v) is 5.96. The number of halogens is 1. The Hall–Kier alpha value is -4.07. The van der Waals surface area contributed by atoms with Crippen LogP contribution in [0.2, 0.25) is 5.02 Å². The van der Waals surface area contributed by atoms with E-state index in [2.05, 4.69) is 23.0 Å². The predicted octanol–water partition coefficient (Wildman–Crippen LogP) is 5.89. The highest BCUT2D eigenvalue weighted by atomic mass is 35.5. The van der Waals surface area contributed by atoms with E-state index in [4.69, 9.17) is 23.1 Å². The zero-order chi connectivity index (χ0) is 22.9. The number of rotatable bonds is 4. The van der Waals surface area contributed by atoms with E-state index in [1.807, 2.05) is 72.1 Å². The summed E-state index contributed by atoms with van der Waals surface area (Å²) in [5.41, 5.74) is 7.66. The first-order valence-corrected chi connectivity index (χ1v) is 10.9. The largest absolute Gasteiger partial charge is 0.306 e. The van der Waals surface area contributed by atoms with Gasteiger partial charge in [0, 0.05) is 34.2 Å². The van der Waals surface area contributed by atoms with Crippen LogP contribution in [0.25, 0.3) is 28.0 Å². The van der Waals surface area contributed by atoms with Crippen LogP contribution in [0, 0.1) is 19.3 Å². The topological polar surface area (TPSA) is 50.2 Å². The highest BCUT2D eigenvalue weighted by Gasteiger charge is 2.20. The summed E-state index contributed by atoms with van der Waals surface area (Å²) in [7, 11) is 0. The Morgan fingerprint density at radius 1 is 1.03 bits per heavy atom. The standard InChI is InChI=1S/C28H20ClN3O/c1-3-19-9-14-23(18(2)15-19)25-17-26(33)30-28-27(21-10-12-22(29)13-11-21)24(31-32(25)28)16-20-7-5-4-6-8-20/h1,4-15,17H,16H2,2H3,(H,30,33). The van der Waals surface area contributed by atoms with Gasteiger partial charge < -0.3 is 4.98 Å². The molecule has 0 radical (unpaired) electrons. The van der Waals surface area contributed by atoms with E-state index in [9.17, 15) is 4.79 Å². The minimum Gasteiger partial charge on any atom is -0.306 e. The van der Waals surface area contributed by atoms with Gasteiger partial charge in [-0.1, -0.05) is 66.1 Å². The molecule has 0 aliphatic carbocycles. The molecule has 0 unspecified atom stereocenters. The molecule has 2 aromatic heterocycles. The number of nitrogens with zero attached hydrogens (tertiary/aromatic N) is 2. The second-order valence-corrected chi connectivity index (χ2v) is 8.38. The van der Waals surface area contributed by atoms with Gasteiger partial charge in [0.2, 0.25) is 0 Å². The van der Waals surface area contributed by atoms with Crippen molar-refractivity contribution < 1.29 is 0 Å². The SMILES string of the molecule is C#Cc1ccc(-c2cc(=O)[nH]c3c(-c4ccc(Cl)cc4)c(Cc4ccccc4)nn23)c(C)c1. The summed E-state index contributed by atoms with van der Waals surface area (Å²) < 4.78 is 1.82. The molecule has 0 bridgehead atoms. The Balaban J connectivity index is 1.80. The molecule has 160 valence electrons. The molecule has 0 amide bonds. The second-order valence-electron chi connectivity index (χ2n) is 7.94. The van der Waals surface area contributed by atoms with Crippen molar-refractivity contribution in [3.63, 3.8) is 0 Å². The van der Waals surface area contributed by atoms with Gasteiger partial charge in [0.1, 0.15) is 5.65 Å². The van der Waals surface area contributed by atoms with Crippen LogP contribution in [0.4, 0.5) is 0 Å². The molecule has 0 aliphatic heterocycles. The van der Waals surface area contributed by atoms with Crippen LogP contribution in [0.5, 0.6) is 0 Å². The van der Waals surface area contributed by atoms with Crippen molar-refractivity contribution in [1.29, 1.82) is 0 Å². The lowest BCUT2D eigenvalue weighted by atomic mass is 10.0. The second kappa shape index (κ2) is 8.46. The molecule has 0 fully saturated rings. The summed E-state index contributed by atoms with van der Waals surface area (Å²) in [4.78, 5) is 15.8. The molecule has 4 nitrogen and oxygen atoms in total. The first-order valence-electron chi connectivity index (χ1n) is 10.6. The molecule has 5 rings (SSSR count). The molecule has 3 aromatic carbocycles. The smallest absolute Gasteiger partial charge is 0.251 e. The van der Waals surface area contributed by atoms with Crippen molar-refractivity contribution in [3.8, 4) is 34.7 Å². The molecule has 2 heterocycles. The van der Waals surface area contributed by atoms with Crippen molar-refractivity contribution in [3.05, 3.63) is 117 Å². The fourth-order valence-electron chi connectivity index (χ4n) is 4.16. The van der Waals surface area contributed by atoms with Crippen LogP contribution in [-0.2, 0) is 6.42 Å². The quantitative estimate of drug-likeness (QED) is 0.348. The maximum Gasteiger partial charge on any atom is 0.251 e. The van der Waals surface area contributed by atoms with E-state index < -0.39 is 0 Å². The van der Waals surface area contributed by atoms with Gasteiger partial charge in [-0.15, -0.1) is 6.42 Å². The molecule has 0 aliphatic rings. The Morgan fingerprint density at radius 3 is 2.48 bits per heavy atom. The maximum atomic E-state index is 12.8. The lowest BCUT2D eigenvalue weighted by Gasteiger charge is -2.09. The van der Waals surface area contributed by atoms with Crippen molar-refractivity contribution in [2.75, 3.05) is 0 Å². The van der Waals surface area contributed by atoms with Crippen LogP contribution >= 0.6 is 11.6 Å². The molecule has 0 spiro atoms. The lowest BCUT2D eigenvalue weighted by Crippen LogP contribution is -2.10. The van der Waals surface area contributed by atoms with Gasteiger partial charge in [-0.2, -0.15) is 5.10 Å². The Bertz CT molecular complexity index is 1570. The minimum absolute atomic E-state index is 0.195. The third-order valence-electron chi connectivity index (χ3n) is 5.71. The van der Waals surface area contributed by atoms with E-state index in [0.29, 0.717) is 22.8 Å². The van der Waals surface area contributed by atoms with Gasteiger partial charge in [0.25, 0.3) is 5.56 Å². The number of aromatic nitrogens is 3. The summed E-state index contributed by atoms with van der Waals surface area (Å²) in [6.45, 7) is 1.98. The molecular weight excluding hydrogens is 430 g/mol. The number of aryl methyl sites for hydroxylation is 1. The average molecular weight is 450 g/mol. The number of terminal acetylenes is 1. The molecule has 5 aromatic rings. The number of fused-ring (bicyclic) bond motifs is 1. The van der Waals surface area contributed by atoms with Crippen molar-refractivity contribution in [1.82, 2.24) is 14.6 Å². The van der Waals surface area contributed by atoms with E-state index in [1.54, 1.807) is 6.07 Å². The molecule has 0 saturated carbocycles. The Kier molecular flexibility index (Phi) is 5.34. The third kappa shape index (κ3) is 3.95. The number of hydrogen-bond donors (Lipinski definition) is 1. The highest BCUT2D eigenvalue weighted by Crippen LogP contribution is 2.32. The van der Waals surface area contributed by atoms with E-state index in [-0.39, 0.29) is 5.56 Å². The number of H-pyrrole nitrogens is 1. The molecule has 0 saturated heterocycles. The summed E-state index contributed by atoms with van der Waals surface area (Å²) >= 11 is 6.14. The van der Waals surface area contributed by atoms with Crippen molar-refractivity contribution in [2.45, 2.75) is 13.3 Å². The number of aromatic amines is 1. The zero-order valence-corrected chi connectivity index (χ0v) is 18.7. The lowest BCUT2D eigenvalue weighted by molar-refractivity contribution is 0.898. The predicted molar refractivity (Wildman–Crippen MR) is 134 cm³/mol. The van der Waals surface area contributed by atoms with Gasteiger partial charge >= 0.3 is 0 Å². The average Bonchev–Trinajstić information content (AvgIpc) is 3.17.